The fourth-order valence-electron chi connectivity index (χ4n) is 2.46. The largest absolute Gasteiger partial charge is 0.489 e. The van der Waals surface area contributed by atoms with Crippen LogP contribution in [0.15, 0.2) is 18.2 Å². The van der Waals surface area contributed by atoms with Crippen LogP contribution in [-0.4, -0.2) is 19.2 Å². The van der Waals surface area contributed by atoms with Crippen molar-refractivity contribution in [2.75, 3.05) is 18.5 Å². The van der Waals surface area contributed by atoms with Gasteiger partial charge in [-0.3, -0.25) is 0 Å². The first-order valence-electron chi connectivity index (χ1n) is 7.53. The Labute approximate surface area is 116 Å². The van der Waals surface area contributed by atoms with E-state index in [1.165, 1.54) is 31.2 Å². The Kier molecular flexibility index (Phi) is 5.52. The summed E-state index contributed by atoms with van der Waals surface area (Å²) in [6, 6.07) is 6.90. The van der Waals surface area contributed by atoms with Crippen LogP contribution in [0.1, 0.15) is 45.1 Å². The molecule has 0 spiro atoms. The lowest BCUT2D eigenvalue weighted by Gasteiger charge is -2.22. The maximum absolute atomic E-state index is 5.78. The third-order valence-electron chi connectivity index (χ3n) is 3.64. The SMILES string of the molecule is CCCCCC(C)NCc1cccc2c1OCCN2. The van der Waals surface area contributed by atoms with Crippen molar-refractivity contribution in [2.45, 2.75) is 52.1 Å². The monoisotopic (exact) mass is 262 g/mol. The fraction of sp³-hybridized carbons (Fsp3) is 0.625. The van der Waals surface area contributed by atoms with Crippen LogP contribution >= 0.6 is 0 Å². The Hall–Kier alpha value is -1.22. The second-order valence-corrected chi connectivity index (χ2v) is 5.35. The average molecular weight is 262 g/mol. The summed E-state index contributed by atoms with van der Waals surface area (Å²) in [5, 5.41) is 6.98. The standard InChI is InChI=1S/C16H26N2O/c1-3-4-5-7-13(2)18-12-14-8-6-9-15-16(14)19-11-10-17-15/h6,8-9,13,17-18H,3-5,7,10-12H2,1-2H3. The van der Waals surface area contributed by atoms with E-state index in [2.05, 4.69) is 42.7 Å². The lowest BCUT2D eigenvalue weighted by Crippen LogP contribution is -2.26. The zero-order chi connectivity index (χ0) is 13.5. The number of hydrogen-bond acceptors (Lipinski definition) is 3. The zero-order valence-corrected chi connectivity index (χ0v) is 12.2. The molecule has 0 saturated carbocycles. The van der Waals surface area contributed by atoms with Crippen LogP contribution in [0.25, 0.3) is 0 Å². The number of para-hydroxylation sites is 1. The van der Waals surface area contributed by atoms with Crippen LogP contribution in [0.5, 0.6) is 5.75 Å². The molecule has 0 amide bonds. The van der Waals surface area contributed by atoms with Crippen molar-refractivity contribution < 1.29 is 4.74 Å². The fourth-order valence-corrected chi connectivity index (χ4v) is 2.46. The molecule has 1 aromatic carbocycles. The van der Waals surface area contributed by atoms with Gasteiger partial charge in [-0.25, -0.2) is 0 Å². The number of anilines is 1. The summed E-state index contributed by atoms with van der Waals surface area (Å²) in [6.45, 7) is 7.06. The molecule has 0 bridgehead atoms. The molecule has 19 heavy (non-hydrogen) atoms. The molecule has 0 fully saturated rings. The van der Waals surface area contributed by atoms with E-state index < -0.39 is 0 Å². The molecule has 1 unspecified atom stereocenters. The van der Waals surface area contributed by atoms with Crippen molar-refractivity contribution in [3.05, 3.63) is 23.8 Å². The summed E-state index contributed by atoms with van der Waals surface area (Å²) in [4.78, 5) is 0. The molecule has 3 heteroatoms. The zero-order valence-electron chi connectivity index (χ0n) is 12.2. The first-order valence-corrected chi connectivity index (χ1v) is 7.53. The minimum atomic E-state index is 0.568. The molecule has 1 atom stereocenters. The van der Waals surface area contributed by atoms with E-state index in [0.29, 0.717) is 6.04 Å². The first-order chi connectivity index (χ1) is 9.31. The highest BCUT2D eigenvalue weighted by molar-refractivity contribution is 5.61. The van der Waals surface area contributed by atoms with E-state index in [1.54, 1.807) is 0 Å². The van der Waals surface area contributed by atoms with Crippen LogP contribution < -0.4 is 15.4 Å². The Bertz CT molecular complexity index is 392. The molecule has 0 aromatic heterocycles. The Balaban J connectivity index is 1.85. The lowest BCUT2D eigenvalue weighted by molar-refractivity contribution is 0.318. The smallest absolute Gasteiger partial charge is 0.146 e. The molecule has 3 nitrogen and oxygen atoms in total. The van der Waals surface area contributed by atoms with E-state index in [0.717, 1.165) is 31.1 Å². The second-order valence-electron chi connectivity index (χ2n) is 5.35. The molecule has 0 aliphatic carbocycles. The maximum atomic E-state index is 5.78. The summed E-state index contributed by atoms with van der Waals surface area (Å²) in [6.07, 6.45) is 5.19. The first kappa shape index (κ1) is 14.2. The van der Waals surface area contributed by atoms with E-state index in [1.807, 2.05) is 0 Å². The van der Waals surface area contributed by atoms with Crippen molar-refractivity contribution in [1.29, 1.82) is 0 Å². The molecule has 1 aliphatic rings. The molecular formula is C16H26N2O. The van der Waals surface area contributed by atoms with Crippen LogP contribution in [-0.2, 0) is 6.54 Å². The van der Waals surface area contributed by atoms with Gasteiger partial charge in [-0.15, -0.1) is 0 Å². The third-order valence-corrected chi connectivity index (χ3v) is 3.64. The van der Waals surface area contributed by atoms with Crippen LogP contribution in [0, 0.1) is 0 Å². The van der Waals surface area contributed by atoms with E-state index in [4.69, 9.17) is 4.74 Å². The normalized spacial score (nSPS) is 15.3. The molecule has 106 valence electrons. The highest BCUT2D eigenvalue weighted by Crippen LogP contribution is 2.31. The summed E-state index contributed by atoms with van der Waals surface area (Å²) in [7, 11) is 0. The average Bonchev–Trinajstić information content (AvgIpc) is 2.45. The molecule has 1 aliphatic heterocycles. The van der Waals surface area contributed by atoms with E-state index in [9.17, 15) is 0 Å². The summed E-state index contributed by atoms with van der Waals surface area (Å²) in [5.74, 6) is 1.03. The quantitative estimate of drug-likeness (QED) is 0.737. The predicted octanol–water partition coefficient (Wildman–Crippen LogP) is 3.55. The number of ether oxygens (including phenoxy) is 1. The lowest BCUT2D eigenvalue weighted by atomic mass is 10.1. The van der Waals surface area contributed by atoms with Gasteiger partial charge in [0.2, 0.25) is 0 Å². The molecule has 2 N–H and O–H groups in total. The summed E-state index contributed by atoms with van der Waals surface area (Å²) < 4.78 is 5.78. The van der Waals surface area contributed by atoms with Crippen molar-refractivity contribution in [3.8, 4) is 5.75 Å². The van der Waals surface area contributed by atoms with Gasteiger partial charge in [0.1, 0.15) is 12.4 Å². The molecule has 0 radical (unpaired) electrons. The maximum Gasteiger partial charge on any atom is 0.146 e. The van der Waals surface area contributed by atoms with Crippen LogP contribution in [0.4, 0.5) is 5.69 Å². The molecule has 1 aromatic rings. The highest BCUT2D eigenvalue weighted by Gasteiger charge is 2.13. The molecule has 0 saturated heterocycles. The minimum absolute atomic E-state index is 0.568. The summed E-state index contributed by atoms with van der Waals surface area (Å²) in [5.41, 5.74) is 2.39. The second kappa shape index (κ2) is 7.39. The van der Waals surface area contributed by atoms with Gasteiger partial charge in [-0.1, -0.05) is 38.3 Å². The number of hydrogen-bond donors (Lipinski definition) is 2. The van der Waals surface area contributed by atoms with Gasteiger partial charge < -0.3 is 15.4 Å². The van der Waals surface area contributed by atoms with Crippen molar-refractivity contribution >= 4 is 5.69 Å². The predicted molar refractivity (Wildman–Crippen MR) is 80.9 cm³/mol. The van der Waals surface area contributed by atoms with Gasteiger partial charge in [-0.05, 0) is 19.4 Å². The Morgan fingerprint density at radius 3 is 3.11 bits per heavy atom. The van der Waals surface area contributed by atoms with Gasteiger partial charge in [0.15, 0.2) is 0 Å². The van der Waals surface area contributed by atoms with Crippen molar-refractivity contribution in [1.82, 2.24) is 5.32 Å². The van der Waals surface area contributed by atoms with Crippen LogP contribution in [0.3, 0.4) is 0 Å². The number of nitrogens with one attached hydrogen (secondary N) is 2. The number of benzene rings is 1. The molecular weight excluding hydrogens is 236 g/mol. The number of unbranched alkanes of at least 4 members (excludes halogenated alkanes) is 2. The Morgan fingerprint density at radius 2 is 2.26 bits per heavy atom. The summed E-state index contributed by atoms with van der Waals surface area (Å²) >= 11 is 0. The van der Waals surface area contributed by atoms with Gasteiger partial charge in [0, 0.05) is 24.7 Å². The van der Waals surface area contributed by atoms with Crippen molar-refractivity contribution in [2.24, 2.45) is 0 Å². The Morgan fingerprint density at radius 1 is 1.37 bits per heavy atom. The minimum Gasteiger partial charge on any atom is -0.489 e. The van der Waals surface area contributed by atoms with Gasteiger partial charge in [0.05, 0.1) is 5.69 Å². The third kappa shape index (κ3) is 4.13. The van der Waals surface area contributed by atoms with Gasteiger partial charge in [0.25, 0.3) is 0 Å². The highest BCUT2D eigenvalue weighted by atomic mass is 16.5. The van der Waals surface area contributed by atoms with E-state index in [-0.39, 0.29) is 0 Å². The van der Waals surface area contributed by atoms with Crippen LogP contribution in [0.2, 0.25) is 0 Å². The molecule has 2 rings (SSSR count). The molecule has 1 heterocycles. The van der Waals surface area contributed by atoms with Gasteiger partial charge in [-0.2, -0.15) is 0 Å². The topological polar surface area (TPSA) is 33.3 Å². The number of fused-ring (bicyclic) bond motifs is 1. The van der Waals surface area contributed by atoms with Gasteiger partial charge >= 0.3 is 0 Å². The van der Waals surface area contributed by atoms with E-state index >= 15 is 0 Å². The van der Waals surface area contributed by atoms with Crippen molar-refractivity contribution in [3.63, 3.8) is 0 Å². The number of rotatable bonds is 7.